The Bertz CT molecular complexity index is 1950. The third-order valence-corrected chi connectivity index (χ3v) is 18.8. The molecular formula is C76H137NO18. The lowest BCUT2D eigenvalue weighted by Crippen LogP contribution is -2.66. The van der Waals surface area contributed by atoms with Crippen LogP contribution < -0.4 is 5.32 Å². The molecule has 95 heavy (non-hydrogen) atoms. The van der Waals surface area contributed by atoms with Crippen LogP contribution in [0.2, 0.25) is 0 Å². The summed E-state index contributed by atoms with van der Waals surface area (Å²) in [5, 5.41) is 121. The second-order valence-corrected chi connectivity index (χ2v) is 27.1. The van der Waals surface area contributed by atoms with Gasteiger partial charge in [0.1, 0.15) is 73.2 Å². The Balaban J connectivity index is 1.33. The summed E-state index contributed by atoms with van der Waals surface area (Å²) in [7, 11) is 0. The van der Waals surface area contributed by atoms with Crippen LogP contribution >= 0.6 is 0 Å². The van der Waals surface area contributed by atoms with Gasteiger partial charge in [-0.25, -0.2) is 0 Å². The second-order valence-electron chi connectivity index (χ2n) is 27.1. The van der Waals surface area contributed by atoms with Crippen molar-refractivity contribution in [3.8, 4) is 0 Å². The van der Waals surface area contributed by atoms with Crippen molar-refractivity contribution in [3.05, 3.63) is 60.8 Å². The largest absolute Gasteiger partial charge is 0.394 e. The number of hydrogen-bond donors (Lipinski definition) is 12. The molecule has 19 heteroatoms. The average molecular weight is 1350 g/mol. The van der Waals surface area contributed by atoms with Crippen LogP contribution in [-0.2, 0) is 33.2 Å². The molecule has 0 spiro atoms. The van der Waals surface area contributed by atoms with Crippen molar-refractivity contribution in [1.29, 1.82) is 0 Å². The number of aliphatic hydroxyl groups excluding tert-OH is 11. The fourth-order valence-electron chi connectivity index (χ4n) is 12.7. The molecule has 12 N–H and O–H groups in total. The molecule has 3 rings (SSSR count). The van der Waals surface area contributed by atoms with Crippen molar-refractivity contribution in [3.63, 3.8) is 0 Å². The maximum atomic E-state index is 13.4. The van der Waals surface area contributed by atoms with Gasteiger partial charge in [0.15, 0.2) is 18.9 Å². The number of carbonyl (C=O) groups is 1. The fraction of sp³-hybridized carbons (Fsp3) is 0.855. The fourth-order valence-corrected chi connectivity index (χ4v) is 12.7. The Morgan fingerprint density at radius 1 is 0.389 bits per heavy atom. The number of allylic oxidation sites excluding steroid dienone is 9. The first kappa shape index (κ1) is 86.7. The molecule has 0 aromatic carbocycles. The minimum atomic E-state index is -1.98. The van der Waals surface area contributed by atoms with Crippen LogP contribution in [0.1, 0.15) is 284 Å². The van der Waals surface area contributed by atoms with Gasteiger partial charge in [-0.1, -0.05) is 280 Å². The Morgan fingerprint density at radius 2 is 0.726 bits per heavy atom. The predicted octanol–water partition coefficient (Wildman–Crippen LogP) is 11.5. The van der Waals surface area contributed by atoms with E-state index in [1.807, 2.05) is 6.08 Å². The number of unbranched alkanes of at least 4 members (excludes halogenated alkanes) is 35. The van der Waals surface area contributed by atoms with E-state index >= 15 is 0 Å². The summed E-state index contributed by atoms with van der Waals surface area (Å²) < 4.78 is 34.4. The minimum absolute atomic E-state index is 0.245. The highest BCUT2D eigenvalue weighted by Gasteiger charge is 2.53. The van der Waals surface area contributed by atoms with Crippen LogP contribution in [0, 0.1) is 0 Å². The maximum Gasteiger partial charge on any atom is 0.220 e. The third kappa shape index (κ3) is 38.2. The van der Waals surface area contributed by atoms with Crippen LogP contribution in [0.4, 0.5) is 0 Å². The first-order chi connectivity index (χ1) is 46.3. The lowest BCUT2D eigenvalue weighted by atomic mass is 9.96. The molecule has 0 bridgehead atoms. The van der Waals surface area contributed by atoms with E-state index in [0.29, 0.717) is 6.42 Å². The molecule has 3 heterocycles. The van der Waals surface area contributed by atoms with Crippen LogP contribution in [0.25, 0.3) is 0 Å². The Hall–Kier alpha value is -2.51. The molecule has 0 saturated carbocycles. The van der Waals surface area contributed by atoms with Gasteiger partial charge >= 0.3 is 0 Å². The van der Waals surface area contributed by atoms with Crippen LogP contribution in [0.3, 0.4) is 0 Å². The highest BCUT2D eigenvalue weighted by atomic mass is 16.8. The quantitative estimate of drug-likeness (QED) is 0.0199. The van der Waals surface area contributed by atoms with Gasteiger partial charge in [0.05, 0.1) is 38.6 Å². The Kier molecular flexibility index (Phi) is 52.2. The first-order valence-electron chi connectivity index (χ1n) is 38.0. The van der Waals surface area contributed by atoms with E-state index in [0.717, 1.165) is 70.6 Å². The number of rotatable bonds is 59. The van der Waals surface area contributed by atoms with Crippen molar-refractivity contribution in [2.45, 2.75) is 388 Å². The minimum Gasteiger partial charge on any atom is -0.394 e. The molecule has 3 saturated heterocycles. The van der Waals surface area contributed by atoms with Crippen molar-refractivity contribution < 1.29 is 89.4 Å². The third-order valence-electron chi connectivity index (χ3n) is 18.8. The molecule has 1 amide bonds. The predicted molar refractivity (Wildman–Crippen MR) is 374 cm³/mol. The van der Waals surface area contributed by atoms with Crippen LogP contribution in [-0.4, -0.2) is 193 Å². The summed E-state index contributed by atoms with van der Waals surface area (Å²) in [6, 6.07) is -0.973. The molecule has 3 fully saturated rings. The molecule has 0 aliphatic carbocycles. The molecule has 0 aromatic heterocycles. The highest BCUT2D eigenvalue weighted by Crippen LogP contribution is 2.33. The molecule has 3 aliphatic rings. The SMILES string of the molecule is CC/C=C\C/C=C\C/C=C\C/C=C\CCCCCCCCCCCCCCCCCCCCCCCCC(=O)NC(COC1OC(CO)C(OC2OC(CO)C(OC3OC(CO)C(O)C(O)C3O)C(O)C2O)C(O)C1O)C(O)/C=C/CCCCCCCCCCCCCCC. The molecular weight excluding hydrogens is 1210 g/mol. The van der Waals surface area contributed by atoms with Crippen molar-refractivity contribution in [2.24, 2.45) is 0 Å². The Morgan fingerprint density at radius 3 is 1.14 bits per heavy atom. The number of carbonyl (C=O) groups excluding carboxylic acids is 1. The normalized spacial score (nSPS) is 27.5. The van der Waals surface area contributed by atoms with Gasteiger partial charge in [-0.2, -0.15) is 0 Å². The topological polar surface area (TPSA) is 307 Å². The van der Waals surface area contributed by atoms with E-state index in [4.69, 9.17) is 28.4 Å². The molecule has 19 nitrogen and oxygen atoms in total. The Labute approximate surface area is 573 Å². The van der Waals surface area contributed by atoms with Gasteiger partial charge in [-0.15, -0.1) is 0 Å². The van der Waals surface area contributed by atoms with E-state index in [1.165, 1.54) is 186 Å². The smallest absolute Gasteiger partial charge is 0.220 e. The summed E-state index contributed by atoms with van der Waals surface area (Å²) in [6.45, 7) is 1.64. The van der Waals surface area contributed by atoms with Crippen molar-refractivity contribution in [1.82, 2.24) is 5.32 Å². The monoisotopic (exact) mass is 1350 g/mol. The zero-order chi connectivity index (χ0) is 68.9. The lowest BCUT2D eigenvalue weighted by molar-refractivity contribution is -0.379. The van der Waals surface area contributed by atoms with E-state index < -0.39 is 124 Å². The van der Waals surface area contributed by atoms with Gasteiger partial charge in [-0.3, -0.25) is 4.79 Å². The molecule has 3 aliphatic heterocycles. The standard InChI is InChI=1S/C76H137NO18/c1-3-5-7-9-11-13-15-17-19-20-21-22-23-24-25-26-27-28-29-30-31-32-33-34-35-36-37-38-40-42-44-46-48-50-52-54-64(82)77-59(60(81)53-51-49-47-45-43-41-39-18-16-14-12-10-8-6-4-2)58-90-74-70(88)67(85)72(62(56-79)92-74)95-76-71(89)68(86)73(63(57-80)93-76)94-75-69(87)66(84)65(83)61(55-78)91-75/h5,7,11,13,17,19,21-22,51,53,59-63,65-76,78-81,83-89H,3-4,6,8-10,12,14-16,18,20,23-50,52,54-58H2,1-2H3,(H,77,82)/b7-5-,13-11-,19-17-,22-21-,53-51+. The highest BCUT2D eigenvalue weighted by molar-refractivity contribution is 5.76. The van der Waals surface area contributed by atoms with Gasteiger partial charge in [0, 0.05) is 6.42 Å². The number of hydrogen-bond acceptors (Lipinski definition) is 18. The maximum absolute atomic E-state index is 13.4. The number of ether oxygens (including phenoxy) is 6. The zero-order valence-corrected chi connectivity index (χ0v) is 58.9. The van der Waals surface area contributed by atoms with Gasteiger partial charge in [0.2, 0.25) is 5.91 Å². The van der Waals surface area contributed by atoms with E-state index in [2.05, 4.69) is 67.8 Å². The second kappa shape index (κ2) is 57.2. The molecule has 0 aromatic rings. The van der Waals surface area contributed by atoms with Crippen molar-refractivity contribution in [2.75, 3.05) is 26.4 Å². The average Bonchev–Trinajstić information content (AvgIpc) is 0.799. The number of nitrogens with one attached hydrogen (secondary N) is 1. The van der Waals surface area contributed by atoms with Gasteiger partial charge < -0.3 is 89.9 Å². The summed E-state index contributed by atoms with van der Waals surface area (Å²) in [5.41, 5.74) is 0. The summed E-state index contributed by atoms with van der Waals surface area (Å²) in [6.07, 6.45) is 45.0. The summed E-state index contributed by atoms with van der Waals surface area (Å²) in [5.74, 6) is -0.272. The molecule has 17 unspecified atom stereocenters. The van der Waals surface area contributed by atoms with E-state index in [-0.39, 0.29) is 18.9 Å². The lowest BCUT2D eigenvalue weighted by Gasteiger charge is -2.48. The summed E-state index contributed by atoms with van der Waals surface area (Å²) in [4.78, 5) is 13.4. The molecule has 554 valence electrons. The summed E-state index contributed by atoms with van der Waals surface area (Å²) >= 11 is 0. The van der Waals surface area contributed by atoms with Gasteiger partial charge in [0.25, 0.3) is 0 Å². The number of aliphatic hydroxyl groups is 11. The van der Waals surface area contributed by atoms with E-state index in [9.17, 15) is 61.0 Å². The first-order valence-corrected chi connectivity index (χ1v) is 38.0. The zero-order valence-electron chi connectivity index (χ0n) is 58.9. The van der Waals surface area contributed by atoms with Crippen LogP contribution in [0.5, 0.6) is 0 Å². The van der Waals surface area contributed by atoms with E-state index in [1.54, 1.807) is 6.08 Å². The molecule has 17 atom stereocenters. The van der Waals surface area contributed by atoms with Crippen molar-refractivity contribution >= 4 is 5.91 Å². The van der Waals surface area contributed by atoms with Crippen LogP contribution in [0.15, 0.2) is 60.8 Å². The number of amides is 1. The molecule has 0 radical (unpaired) electrons. The van der Waals surface area contributed by atoms with Gasteiger partial charge in [-0.05, 0) is 57.8 Å².